The van der Waals surface area contributed by atoms with Gasteiger partial charge in [0.15, 0.2) is 0 Å². The topological polar surface area (TPSA) is 37.4 Å². The number of carbonyl (C=O) groups is 2. The van der Waals surface area contributed by atoms with Crippen LogP contribution in [0.15, 0.2) is 40.9 Å². The lowest BCUT2D eigenvalue weighted by Gasteiger charge is -2.20. The summed E-state index contributed by atoms with van der Waals surface area (Å²) in [5, 5.41) is 0. The number of hydrogen-bond acceptors (Lipinski definition) is 2. The van der Waals surface area contributed by atoms with Crippen molar-refractivity contribution in [3.63, 3.8) is 0 Å². The molecule has 21 heavy (non-hydrogen) atoms. The molecular weight excluding hydrogens is 330 g/mol. The van der Waals surface area contributed by atoms with Crippen LogP contribution in [0.1, 0.15) is 27.0 Å². The van der Waals surface area contributed by atoms with Gasteiger partial charge in [0, 0.05) is 4.47 Å². The highest BCUT2D eigenvalue weighted by molar-refractivity contribution is 9.10. The molecule has 0 radical (unpaired) electrons. The van der Waals surface area contributed by atoms with E-state index >= 15 is 0 Å². The Hall–Kier alpha value is -1.94. The number of benzene rings is 2. The van der Waals surface area contributed by atoms with Gasteiger partial charge >= 0.3 is 0 Å². The average Bonchev–Trinajstić information content (AvgIpc) is 2.69. The molecule has 0 N–H and O–H groups in total. The van der Waals surface area contributed by atoms with Gasteiger partial charge in [-0.2, -0.15) is 0 Å². The maximum atomic E-state index is 12.3. The maximum Gasteiger partial charge on any atom is 0.299 e. The zero-order valence-corrected chi connectivity index (χ0v) is 13.4. The van der Waals surface area contributed by atoms with Gasteiger partial charge in [0.2, 0.25) is 0 Å². The van der Waals surface area contributed by atoms with Crippen LogP contribution >= 0.6 is 15.9 Å². The Balaban J connectivity index is 2.09. The molecule has 2 aromatic rings. The van der Waals surface area contributed by atoms with Crippen LogP contribution in [-0.2, 0) is 11.3 Å². The normalized spacial score (nSPS) is 13.8. The predicted molar refractivity (Wildman–Crippen MR) is 85.6 cm³/mol. The maximum absolute atomic E-state index is 12.3. The molecule has 1 heterocycles. The van der Waals surface area contributed by atoms with Crippen molar-refractivity contribution < 1.29 is 9.59 Å². The molecule has 0 saturated heterocycles. The van der Waals surface area contributed by atoms with Crippen molar-refractivity contribution >= 4 is 33.3 Å². The Morgan fingerprint density at radius 1 is 1.00 bits per heavy atom. The zero-order valence-electron chi connectivity index (χ0n) is 11.8. The van der Waals surface area contributed by atoms with Gasteiger partial charge in [-0.3, -0.25) is 14.5 Å². The molecule has 106 valence electrons. The Labute approximate surface area is 131 Å². The second-order valence-corrected chi connectivity index (χ2v) is 6.08. The second kappa shape index (κ2) is 5.11. The first-order valence-corrected chi connectivity index (χ1v) is 7.50. The summed E-state index contributed by atoms with van der Waals surface area (Å²) in [6.45, 7) is 4.45. The highest BCUT2D eigenvalue weighted by Crippen LogP contribution is 2.37. The van der Waals surface area contributed by atoms with Crippen LogP contribution in [0, 0.1) is 13.8 Å². The SMILES string of the molecule is Cc1cccc(C)c1CN1C(=O)C(=O)c2cccc(Br)c21. The van der Waals surface area contributed by atoms with Gasteiger partial charge in [-0.1, -0.05) is 24.3 Å². The largest absolute Gasteiger partial charge is 0.299 e. The van der Waals surface area contributed by atoms with Crippen molar-refractivity contribution in [2.75, 3.05) is 4.90 Å². The lowest BCUT2D eigenvalue weighted by atomic mass is 10.0. The third-order valence-electron chi connectivity index (χ3n) is 3.90. The van der Waals surface area contributed by atoms with Crippen molar-refractivity contribution in [3.8, 4) is 0 Å². The molecule has 0 aromatic heterocycles. The van der Waals surface area contributed by atoms with E-state index in [1.807, 2.05) is 38.1 Å². The molecule has 0 spiro atoms. The summed E-state index contributed by atoms with van der Waals surface area (Å²) in [6.07, 6.45) is 0. The molecule has 3 rings (SSSR count). The van der Waals surface area contributed by atoms with Gasteiger partial charge in [-0.25, -0.2) is 0 Å². The van der Waals surface area contributed by atoms with E-state index in [1.165, 1.54) is 0 Å². The van der Waals surface area contributed by atoms with Crippen LogP contribution in [-0.4, -0.2) is 11.7 Å². The quantitative estimate of drug-likeness (QED) is 0.778. The molecule has 0 bridgehead atoms. The van der Waals surface area contributed by atoms with Crippen molar-refractivity contribution in [2.24, 2.45) is 0 Å². The van der Waals surface area contributed by atoms with Gasteiger partial charge in [-0.15, -0.1) is 0 Å². The summed E-state index contributed by atoms with van der Waals surface area (Å²) < 4.78 is 0.769. The van der Waals surface area contributed by atoms with E-state index in [9.17, 15) is 9.59 Å². The number of aryl methyl sites for hydroxylation is 2. The van der Waals surface area contributed by atoms with Gasteiger partial charge in [0.25, 0.3) is 11.7 Å². The summed E-state index contributed by atoms with van der Waals surface area (Å²) in [7, 11) is 0. The molecule has 0 saturated carbocycles. The van der Waals surface area contributed by atoms with Gasteiger partial charge < -0.3 is 0 Å². The molecule has 3 nitrogen and oxygen atoms in total. The fraction of sp³-hybridized carbons (Fsp3) is 0.176. The average molecular weight is 344 g/mol. The van der Waals surface area contributed by atoms with E-state index in [2.05, 4.69) is 15.9 Å². The minimum atomic E-state index is -0.459. The Morgan fingerprint density at radius 2 is 1.62 bits per heavy atom. The standard InChI is InChI=1S/C17H14BrNO2/c1-10-5-3-6-11(2)13(10)9-19-15-12(16(20)17(19)21)7-4-8-14(15)18/h3-8H,9H2,1-2H3. The molecule has 0 atom stereocenters. The minimum Gasteiger partial charge on any atom is -0.299 e. The lowest BCUT2D eigenvalue weighted by Crippen LogP contribution is -2.30. The number of nitrogens with zero attached hydrogens (tertiary/aromatic N) is 1. The number of Topliss-reactive ketones (excluding diaryl/α,β-unsaturated/α-hetero) is 1. The van der Waals surface area contributed by atoms with E-state index < -0.39 is 11.7 Å². The predicted octanol–water partition coefficient (Wildman–Crippen LogP) is 3.80. The lowest BCUT2D eigenvalue weighted by molar-refractivity contribution is -0.114. The van der Waals surface area contributed by atoms with Crippen molar-refractivity contribution in [1.29, 1.82) is 0 Å². The Bertz CT molecular complexity index is 747. The number of hydrogen-bond donors (Lipinski definition) is 0. The Morgan fingerprint density at radius 3 is 2.29 bits per heavy atom. The van der Waals surface area contributed by atoms with Crippen molar-refractivity contribution in [1.82, 2.24) is 0 Å². The van der Waals surface area contributed by atoms with E-state index in [4.69, 9.17) is 0 Å². The van der Waals surface area contributed by atoms with E-state index in [-0.39, 0.29) is 0 Å². The van der Waals surface area contributed by atoms with Crippen LogP contribution in [0.25, 0.3) is 0 Å². The molecule has 2 aromatic carbocycles. The molecule has 4 heteroatoms. The first-order chi connectivity index (χ1) is 10.0. The van der Waals surface area contributed by atoms with Crippen LogP contribution in [0.5, 0.6) is 0 Å². The molecule has 0 fully saturated rings. The van der Waals surface area contributed by atoms with Crippen LogP contribution < -0.4 is 4.90 Å². The van der Waals surface area contributed by atoms with Crippen LogP contribution in [0.2, 0.25) is 0 Å². The second-order valence-electron chi connectivity index (χ2n) is 5.23. The number of halogens is 1. The van der Waals surface area contributed by atoms with Gasteiger partial charge in [-0.05, 0) is 58.6 Å². The number of fused-ring (bicyclic) bond motifs is 1. The highest BCUT2D eigenvalue weighted by atomic mass is 79.9. The smallest absolute Gasteiger partial charge is 0.299 e. The summed E-state index contributed by atoms with van der Waals surface area (Å²) in [5.41, 5.74) is 4.48. The zero-order chi connectivity index (χ0) is 15.1. The van der Waals surface area contributed by atoms with Crippen molar-refractivity contribution in [2.45, 2.75) is 20.4 Å². The highest BCUT2D eigenvalue weighted by Gasteiger charge is 2.37. The first kappa shape index (κ1) is 14.0. The number of ketones is 1. The molecular formula is C17H14BrNO2. The van der Waals surface area contributed by atoms with Crippen LogP contribution in [0.3, 0.4) is 0 Å². The monoisotopic (exact) mass is 343 g/mol. The number of para-hydroxylation sites is 1. The fourth-order valence-corrected chi connectivity index (χ4v) is 3.30. The molecule has 1 aliphatic rings. The number of carbonyl (C=O) groups excluding carboxylic acids is 2. The van der Waals surface area contributed by atoms with E-state index in [0.29, 0.717) is 17.8 Å². The minimum absolute atomic E-state index is 0.415. The molecule has 1 amide bonds. The van der Waals surface area contributed by atoms with Gasteiger partial charge in [0.05, 0.1) is 17.8 Å². The number of anilines is 1. The summed E-state index contributed by atoms with van der Waals surface area (Å²) in [4.78, 5) is 26.0. The molecule has 1 aliphatic heterocycles. The number of amides is 1. The summed E-state index contributed by atoms with van der Waals surface area (Å²) >= 11 is 3.45. The first-order valence-electron chi connectivity index (χ1n) is 6.70. The summed E-state index contributed by atoms with van der Waals surface area (Å²) in [6, 6.07) is 11.4. The van der Waals surface area contributed by atoms with Gasteiger partial charge in [0.1, 0.15) is 0 Å². The van der Waals surface area contributed by atoms with Crippen LogP contribution in [0.4, 0.5) is 5.69 Å². The van der Waals surface area contributed by atoms with E-state index in [1.54, 1.807) is 17.0 Å². The van der Waals surface area contributed by atoms with Crippen molar-refractivity contribution in [3.05, 3.63) is 63.1 Å². The number of rotatable bonds is 2. The molecule has 0 unspecified atom stereocenters. The fourth-order valence-electron chi connectivity index (χ4n) is 2.72. The summed E-state index contributed by atoms with van der Waals surface area (Å²) in [5.74, 6) is -0.892. The Kier molecular flexibility index (Phi) is 3.41. The molecule has 0 aliphatic carbocycles. The third-order valence-corrected chi connectivity index (χ3v) is 4.54. The third kappa shape index (κ3) is 2.20. The van der Waals surface area contributed by atoms with E-state index in [0.717, 1.165) is 21.2 Å².